The van der Waals surface area contributed by atoms with Crippen molar-refractivity contribution < 1.29 is 4.79 Å². The fourth-order valence-corrected chi connectivity index (χ4v) is 2.65. The zero-order chi connectivity index (χ0) is 14.4. The number of carbonyl (C=O) groups is 1. The summed E-state index contributed by atoms with van der Waals surface area (Å²) >= 11 is 3.37. The molecule has 1 heterocycles. The second-order valence-corrected chi connectivity index (χ2v) is 5.59. The van der Waals surface area contributed by atoms with E-state index in [9.17, 15) is 4.79 Å². The molecule has 0 saturated heterocycles. The van der Waals surface area contributed by atoms with Crippen LogP contribution in [0.3, 0.4) is 0 Å². The number of hydrogen-bond donors (Lipinski definition) is 1. The van der Waals surface area contributed by atoms with Crippen LogP contribution in [0.2, 0.25) is 0 Å². The number of halogens is 1. The van der Waals surface area contributed by atoms with E-state index in [1.807, 2.05) is 25.1 Å². The molecule has 0 atom stereocenters. The normalized spacial score (nSPS) is 10.9. The van der Waals surface area contributed by atoms with E-state index in [0.717, 1.165) is 41.6 Å². The highest BCUT2D eigenvalue weighted by Gasteiger charge is 2.06. The van der Waals surface area contributed by atoms with E-state index in [-0.39, 0.29) is 5.91 Å². The molecule has 0 aliphatic rings. The van der Waals surface area contributed by atoms with Crippen LogP contribution in [0.4, 0.5) is 0 Å². The Kier molecular flexibility index (Phi) is 5.59. The van der Waals surface area contributed by atoms with Gasteiger partial charge in [-0.1, -0.05) is 28.1 Å². The minimum Gasteiger partial charge on any atom is -0.354 e. The highest BCUT2D eigenvalue weighted by Crippen LogP contribution is 2.14. The SMILES string of the molecule is Cc1nc2ccccc2n1CCNC(=O)CCCCBr. The molecule has 1 aromatic heterocycles. The van der Waals surface area contributed by atoms with Crippen molar-refractivity contribution in [3.8, 4) is 0 Å². The molecule has 1 N–H and O–H groups in total. The summed E-state index contributed by atoms with van der Waals surface area (Å²) in [7, 11) is 0. The average molecular weight is 338 g/mol. The third-order valence-corrected chi connectivity index (χ3v) is 3.85. The Labute approximate surface area is 127 Å². The standard InChI is InChI=1S/C15H20BrN3O/c1-12-18-13-6-2-3-7-14(13)19(12)11-10-17-15(20)8-4-5-9-16/h2-3,6-7H,4-5,8-11H2,1H3,(H,17,20). The van der Waals surface area contributed by atoms with Gasteiger partial charge in [0.2, 0.25) is 5.91 Å². The van der Waals surface area contributed by atoms with Gasteiger partial charge in [-0.15, -0.1) is 0 Å². The van der Waals surface area contributed by atoms with Crippen LogP contribution in [0.5, 0.6) is 0 Å². The number of amides is 1. The number of imidazole rings is 1. The second kappa shape index (κ2) is 7.43. The van der Waals surface area contributed by atoms with Gasteiger partial charge in [-0.3, -0.25) is 4.79 Å². The molecule has 2 rings (SSSR count). The molecule has 0 fully saturated rings. The molecule has 0 bridgehead atoms. The summed E-state index contributed by atoms with van der Waals surface area (Å²) in [4.78, 5) is 16.2. The molecule has 0 aliphatic carbocycles. The number of aromatic nitrogens is 2. The lowest BCUT2D eigenvalue weighted by atomic mass is 10.2. The monoisotopic (exact) mass is 337 g/mol. The molecule has 0 saturated carbocycles. The van der Waals surface area contributed by atoms with Crippen LogP contribution in [-0.4, -0.2) is 27.3 Å². The molecule has 5 heteroatoms. The Balaban J connectivity index is 1.87. The lowest BCUT2D eigenvalue weighted by molar-refractivity contribution is -0.121. The summed E-state index contributed by atoms with van der Waals surface area (Å²) in [5.74, 6) is 1.12. The molecule has 2 aromatic rings. The first kappa shape index (κ1) is 15.0. The number of unbranched alkanes of at least 4 members (excludes halogenated alkanes) is 1. The van der Waals surface area contributed by atoms with Gasteiger partial charge in [0.05, 0.1) is 11.0 Å². The minimum atomic E-state index is 0.132. The van der Waals surface area contributed by atoms with Gasteiger partial charge in [0.1, 0.15) is 5.82 Å². The smallest absolute Gasteiger partial charge is 0.220 e. The highest BCUT2D eigenvalue weighted by atomic mass is 79.9. The van der Waals surface area contributed by atoms with E-state index in [4.69, 9.17) is 0 Å². The predicted octanol–water partition coefficient (Wildman–Crippen LogP) is 3.03. The van der Waals surface area contributed by atoms with Crippen molar-refractivity contribution in [3.63, 3.8) is 0 Å². The minimum absolute atomic E-state index is 0.132. The summed E-state index contributed by atoms with van der Waals surface area (Å²) in [6.07, 6.45) is 2.58. The topological polar surface area (TPSA) is 46.9 Å². The number of carbonyl (C=O) groups excluding carboxylic acids is 1. The Bertz CT molecular complexity index is 580. The summed E-state index contributed by atoms with van der Waals surface area (Å²) in [5, 5.41) is 3.93. The molecular formula is C15H20BrN3O. The fourth-order valence-electron chi connectivity index (χ4n) is 2.25. The van der Waals surface area contributed by atoms with Gasteiger partial charge in [0.15, 0.2) is 0 Å². The van der Waals surface area contributed by atoms with Gasteiger partial charge in [-0.2, -0.15) is 0 Å². The Morgan fingerprint density at radius 3 is 2.95 bits per heavy atom. The van der Waals surface area contributed by atoms with Gasteiger partial charge in [-0.25, -0.2) is 4.98 Å². The van der Waals surface area contributed by atoms with Crippen LogP contribution in [0.1, 0.15) is 25.1 Å². The molecule has 0 radical (unpaired) electrons. The van der Waals surface area contributed by atoms with Crippen LogP contribution in [0.15, 0.2) is 24.3 Å². The van der Waals surface area contributed by atoms with Gasteiger partial charge >= 0.3 is 0 Å². The summed E-state index contributed by atoms with van der Waals surface area (Å²) in [6.45, 7) is 3.41. The van der Waals surface area contributed by atoms with Crippen molar-refractivity contribution in [2.75, 3.05) is 11.9 Å². The van der Waals surface area contributed by atoms with Crippen molar-refractivity contribution in [1.29, 1.82) is 0 Å². The number of nitrogens with one attached hydrogen (secondary N) is 1. The molecule has 1 aromatic carbocycles. The van der Waals surface area contributed by atoms with E-state index < -0.39 is 0 Å². The number of fused-ring (bicyclic) bond motifs is 1. The molecule has 108 valence electrons. The van der Waals surface area contributed by atoms with Crippen LogP contribution >= 0.6 is 15.9 Å². The average Bonchev–Trinajstić information content (AvgIpc) is 2.75. The van der Waals surface area contributed by atoms with E-state index in [1.54, 1.807) is 0 Å². The molecule has 20 heavy (non-hydrogen) atoms. The van der Waals surface area contributed by atoms with Crippen LogP contribution in [0.25, 0.3) is 11.0 Å². The van der Waals surface area contributed by atoms with E-state index in [1.165, 1.54) is 0 Å². The molecule has 4 nitrogen and oxygen atoms in total. The molecular weight excluding hydrogens is 318 g/mol. The molecule has 1 amide bonds. The maximum atomic E-state index is 11.6. The van der Waals surface area contributed by atoms with E-state index in [2.05, 4.69) is 36.9 Å². The quantitative estimate of drug-likeness (QED) is 0.623. The molecule has 0 aliphatic heterocycles. The van der Waals surface area contributed by atoms with Crippen molar-refractivity contribution in [2.45, 2.75) is 32.7 Å². The lowest BCUT2D eigenvalue weighted by Gasteiger charge is -2.08. The van der Waals surface area contributed by atoms with Gasteiger partial charge in [0.25, 0.3) is 0 Å². The number of nitrogens with zero attached hydrogens (tertiary/aromatic N) is 2. The van der Waals surface area contributed by atoms with Gasteiger partial charge in [0, 0.05) is 24.8 Å². The number of hydrogen-bond acceptors (Lipinski definition) is 2. The van der Waals surface area contributed by atoms with Crippen molar-refractivity contribution in [2.24, 2.45) is 0 Å². The number of benzene rings is 1. The first-order chi connectivity index (χ1) is 9.72. The van der Waals surface area contributed by atoms with Crippen LogP contribution in [0, 0.1) is 6.92 Å². The maximum Gasteiger partial charge on any atom is 0.220 e. The highest BCUT2D eigenvalue weighted by molar-refractivity contribution is 9.09. The van der Waals surface area contributed by atoms with E-state index in [0.29, 0.717) is 13.0 Å². The van der Waals surface area contributed by atoms with E-state index >= 15 is 0 Å². The number of para-hydroxylation sites is 2. The number of aryl methyl sites for hydroxylation is 1. The summed E-state index contributed by atoms with van der Waals surface area (Å²) < 4.78 is 2.15. The fraction of sp³-hybridized carbons (Fsp3) is 0.467. The third-order valence-electron chi connectivity index (χ3n) is 3.29. The summed E-state index contributed by atoms with van der Waals surface area (Å²) in [5.41, 5.74) is 2.13. The van der Waals surface area contributed by atoms with Crippen LogP contribution < -0.4 is 5.32 Å². The first-order valence-electron chi connectivity index (χ1n) is 6.97. The molecule has 0 unspecified atom stereocenters. The molecule has 0 spiro atoms. The third kappa shape index (κ3) is 3.82. The predicted molar refractivity (Wildman–Crippen MR) is 85.1 cm³/mol. The maximum absolute atomic E-state index is 11.6. The lowest BCUT2D eigenvalue weighted by Crippen LogP contribution is -2.27. The zero-order valence-corrected chi connectivity index (χ0v) is 13.3. The number of alkyl halides is 1. The van der Waals surface area contributed by atoms with Gasteiger partial charge < -0.3 is 9.88 Å². The largest absolute Gasteiger partial charge is 0.354 e. The Hall–Kier alpha value is -1.36. The van der Waals surface area contributed by atoms with Crippen molar-refractivity contribution in [3.05, 3.63) is 30.1 Å². The second-order valence-electron chi connectivity index (χ2n) is 4.80. The van der Waals surface area contributed by atoms with Gasteiger partial charge in [-0.05, 0) is 31.9 Å². The first-order valence-corrected chi connectivity index (χ1v) is 8.09. The van der Waals surface area contributed by atoms with Crippen molar-refractivity contribution >= 4 is 32.9 Å². The van der Waals surface area contributed by atoms with Crippen LogP contribution in [-0.2, 0) is 11.3 Å². The Morgan fingerprint density at radius 2 is 2.15 bits per heavy atom. The zero-order valence-electron chi connectivity index (χ0n) is 11.7. The Morgan fingerprint density at radius 1 is 1.35 bits per heavy atom. The summed E-state index contributed by atoms with van der Waals surface area (Å²) in [6, 6.07) is 8.08. The van der Waals surface area contributed by atoms with Crippen molar-refractivity contribution in [1.82, 2.24) is 14.9 Å². The number of rotatable bonds is 7.